The zero-order valence-electron chi connectivity index (χ0n) is 14.9. The van der Waals surface area contributed by atoms with Crippen molar-refractivity contribution < 1.29 is 14.0 Å². The maximum absolute atomic E-state index is 12.8. The second-order valence-corrected chi connectivity index (χ2v) is 6.38. The van der Waals surface area contributed by atoms with Crippen molar-refractivity contribution in [1.82, 2.24) is 21.2 Å². The van der Waals surface area contributed by atoms with Crippen LogP contribution in [0.4, 0.5) is 15.0 Å². The molecule has 0 aliphatic carbocycles. The molecule has 8 heteroatoms. The van der Waals surface area contributed by atoms with Gasteiger partial charge in [0.15, 0.2) is 0 Å². The van der Waals surface area contributed by atoms with Gasteiger partial charge in [-0.2, -0.15) is 0 Å². The molecule has 0 spiro atoms. The lowest BCUT2D eigenvalue weighted by Crippen LogP contribution is -2.47. The number of aromatic nitrogens is 1. The van der Waals surface area contributed by atoms with E-state index in [9.17, 15) is 14.0 Å². The third-order valence-corrected chi connectivity index (χ3v) is 4.29. The fourth-order valence-electron chi connectivity index (χ4n) is 2.87. The summed E-state index contributed by atoms with van der Waals surface area (Å²) in [4.78, 5) is 30.2. The molecule has 1 aromatic carbocycles. The first-order chi connectivity index (χ1) is 13.1. The highest BCUT2D eigenvalue weighted by molar-refractivity contribution is 5.82. The Morgan fingerprint density at radius 2 is 1.78 bits per heavy atom. The van der Waals surface area contributed by atoms with Gasteiger partial charge in [-0.15, -0.1) is 0 Å². The average molecular weight is 371 g/mol. The van der Waals surface area contributed by atoms with E-state index in [1.807, 2.05) is 12.1 Å². The van der Waals surface area contributed by atoms with Gasteiger partial charge < -0.3 is 10.2 Å². The van der Waals surface area contributed by atoms with Gasteiger partial charge in [-0.1, -0.05) is 12.1 Å². The van der Waals surface area contributed by atoms with E-state index >= 15 is 0 Å². The molecule has 3 rings (SSSR count). The van der Waals surface area contributed by atoms with E-state index in [0.717, 1.165) is 24.5 Å². The van der Waals surface area contributed by atoms with Gasteiger partial charge >= 0.3 is 6.03 Å². The first-order valence-electron chi connectivity index (χ1n) is 8.87. The number of nitrogens with one attached hydrogen (secondary N) is 3. The van der Waals surface area contributed by atoms with Crippen molar-refractivity contribution in [2.24, 2.45) is 0 Å². The Morgan fingerprint density at radius 3 is 2.52 bits per heavy atom. The number of pyridine rings is 1. The summed E-state index contributed by atoms with van der Waals surface area (Å²) in [5.74, 6) is 0.164. The Labute approximate surface area is 156 Å². The van der Waals surface area contributed by atoms with Crippen LogP contribution in [-0.4, -0.2) is 30.0 Å². The molecule has 1 fully saturated rings. The number of anilines is 1. The first-order valence-corrected chi connectivity index (χ1v) is 8.87. The Morgan fingerprint density at radius 1 is 1.04 bits per heavy atom. The van der Waals surface area contributed by atoms with Gasteiger partial charge in [0.1, 0.15) is 11.6 Å². The molecule has 7 nitrogen and oxygen atoms in total. The predicted molar refractivity (Wildman–Crippen MR) is 99.3 cm³/mol. The van der Waals surface area contributed by atoms with Crippen LogP contribution in [0.5, 0.6) is 0 Å². The molecule has 0 radical (unpaired) electrons. The molecule has 27 heavy (non-hydrogen) atoms. The molecule has 0 unspecified atom stereocenters. The number of carbonyl (C=O) groups excluding carboxylic acids is 2. The fourth-order valence-corrected chi connectivity index (χ4v) is 2.87. The molecule has 3 amide bonds. The molecule has 2 heterocycles. The summed E-state index contributed by atoms with van der Waals surface area (Å²) in [6, 6.07) is 8.90. The highest BCUT2D eigenvalue weighted by atomic mass is 19.1. The van der Waals surface area contributed by atoms with Crippen LogP contribution >= 0.6 is 0 Å². The van der Waals surface area contributed by atoms with Crippen LogP contribution in [0.2, 0.25) is 0 Å². The number of benzene rings is 1. The van der Waals surface area contributed by atoms with Crippen molar-refractivity contribution in [2.75, 3.05) is 18.0 Å². The highest BCUT2D eigenvalue weighted by Gasteiger charge is 2.13. The number of halogens is 1. The normalized spacial score (nSPS) is 13.3. The second kappa shape index (κ2) is 8.98. The third-order valence-electron chi connectivity index (χ3n) is 4.29. The minimum atomic E-state index is -0.512. The fraction of sp³-hybridized carbons (Fsp3) is 0.316. The summed E-state index contributed by atoms with van der Waals surface area (Å²) in [5, 5.41) is 2.68. The van der Waals surface area contributed by atoms with E-state index in [2.05, 4.69) is 26.1 Å². The lowest BCUT2D eigenvalue weighted by molar-refractivity contribution is -0.121. The SMILES string of the molecule is O=C(Cc1ccc(F)cc1)NNC(=O)NCc1ccnc(N2CCCC2)c1. The molecule has 1 saturated heterocycles. The molecule has 0 bridgehead atoms. The standard InChI is InChI=1S/C19H22FN5O2/c20-16-5-3-14(4-6-16)12-18(26)23-24-19(27)22-13-15-7-8-21-17(11-15)25-9-1-2-10-25/h3-8,11H,1-2,9-10,12-13H2,(H,23,26)(H2,22,24,27). The van der Waals surface area contributed by atoms with Crippen LogP contribution < -0.4 is 21.1 Å². The summed E-state index contributed by atoms with van der Waals surface area (Å²) < 4.78 is 12.8. The Hall–Kier alpha value is -3.16. The number of amides is 3. The number of hydrogen-bond acceptors (Lipinski definition) is 4. The van der Waals surface area contributed by atoms with E-state index in [1.54, 1.807) is 6.20 Å². The number of rotatable bonds is 5. The molecule has 0 atom stereocenters. The lowest BCUT2D eigenvalue weighted by atomic mass is 10.1. The number of hydrogen-bond donors (Lipinski definition) is 3. The average Bonchev–Trinajstić information content (AvgIpc) is 3.22. The highest BCUT2D eigenvalue weighted by Crippen LogP contribution is 2.18. The van der Waals surface area contributed by atoms with Crippen molar-refractivity contribution in [3.63, 3.8) is 0 Å². The molecule has 0 saturated carbocycles. The van der Waals surface area contributed by atoms with Crippen LogP contribution in [0, 0.1) is 5.82 Å². The van der Waals surface area contributed by atoms with Gasteiger partial charge in [0.25, 0.3) is 0 Å². The summed E-state index contributed by atoms with van der Waals surface area (Å²) in [7, 11) is 0. The van der Waals surface area contributed by atoms with E-state index in [-0.39, 0.29) is 12.2 Å². The van der Waals surface area contributed by atoms with Gasteiger partial charge in [-0.25, -0.2) is 19.6 Å². The molecule has 1 aliphatic rings. The maximum Gasteiger partial charge on any atom is 0.333 e. The van der Waals surface area contributed by atoms with Crippen molar-refractivity contribution in [2.45, 2.75) is 25.8 Å². The molecule has 3 N–H and O–H groups in total. The van der Waals surface area contributed by atoms with Crippen LogP contribution in [0.1, 0.15) is 24.0 Å². The minimum Gasteiger partial charge on any atom is -0.357 e. The number of nitrogens with zero attached hydrogens (tertiary/aromatic N) is 2. The van der Waals surface area contributed by atoms with Gasteiger partial charge in [-0.05, 0) is 48.2 Å². The molecule has 2 aromatic rings. The Bertz CT molecular complexity index is 791. The van der Waals surface area contributed by atoms with Gasteiger partial charge in [0.2, 0.25) is 5.91 Å². The van der Waals surface area contributed by atoms with Crippen molar-refractivity contribution >= 4 is 17.8 Å². The van der Waals surface area contributed by atoms with E-state index in [1.165, 1.54) is 37.1 Å². The third kappa shape index (κ3) is 5.67. The van der Waals surface area contributed by atoms with E-state index in [4.69, 9.17) is 0 Å². The second-order valence-electron chi connectivity index (χ2n) is 6.38. The maximum atomic E-state index is 12.8. The van der Waals surface area contributed by atoms with E-state index in [0.29, 0.717) is 12.1 Å². The number of urea groups is 1. The molecule has 1 aliphatic heterocycles. The van der Waals surface area contributed by atoms with Gasteiger partial charge in [-0.3, -0.25) is 10.2 Å². The zero-order valence-corrected chi connectivity index (χ0v) is 14.9. The lowest BCUT2D eigenvalue weighted by Gasteiger charge is -2.17. The minimum absolute atomic E-state index is 0.0457. The number of hydrazine groups is 1. The Kier molecular flexibility index (Phi) is 6.19. The zero-order chi connectivity index (χ0) is 19.1. The summed E-state index contributed by atoms with van der Waals surface area (Å²) in [5.41, 5.74) is 6.21. The molecular formula is C19H22FN5O2. The smallest absolute Gasteiger partial charge is 0.333 e. The van der Waals surface area contributed by atoms with Crippen molar-refractivity contribution in [3.8, 4) is 0 Å². The quantitative estimate of drug-likeness (QED) is 0.701. The summed E-state index contributed by atoms with van der Waals surface area (Å²) in [6.07, 6.45) is 4.12. The van der Waals surface area contributed by atoms with E-state index < -0.39 is 11.9 Å². The summed E-state index contributed by atoms with van der Waals surface area (Å²) in [6.45, 7) is 2.33. The van der Waals surface area contributed by atoms with Gasteiger partial charge in [0, 0.05) is 25.8 Å². The number of carbonyl (C=O) groups is 2. The molecule has 142 valence electrons. The largest absolute Gasteiger partial charge is 0.357 e. The monoisotopic (exact) mass is 371 g/mol. The molecule has 1 aromatic heterocycles. The summed E-state index contributed by atoms with van der Waals surface area (Å²) >= 11 is 0. The van der Waals surface area contributed by atoms with Crippen molar-refractivity contribution in [3.05, 3.63) is 59.5 Å². The molecular weight excluding hydrogens is 349 g/mol. The Balaban J connectivity index is 1.41. The van der Waals surface area contributed by atoms with Crippen LogP contribution in [0.3, 0.4) is 0 Å². The van der Waals surface area contributed by atoms with Crippen LogP contribution in [-0.2, 0) is 17.8 Å². The first kappa shape index (κ1) is 18.6. The van der Waals surface area contributed by atoms with Crippen LogP contribution in [0.15, 0.2) is 42.6 Å². The predicted octanol–water partition coefficient (Wildman–Crippen LogP) is 1.89. The van der Waals surface area contributed by atoms with Crippen molar-refractivity contribution in [1.29, 1.82) is 0 Å². The topological polar surface area (TPSA) is 86.4 Å². The van der Waals surface area contributed by atoms with Crippen LogP contribution in [0.25, 0.3) is 0 Å². The van der Waals surface area contributed by atoms with Gasteiger partial charge in [0.05, 0.1) is 6.42 Å².